The van der Waals surface area contributed by atoms with E-state index in [1.54, 1.807) is 19.1 Å². The molecule has 2 aromatic rings. The summed E-state index contributed by atoms with van der Waals surface area (Å²) >= 11 is 0. The number of ether oxygens (including phenoxy) is 1. The van der Waals surface area contributed by atoms with E-state index in [1.165, 1.54) is 19.2 Å². The fourth-order valence-electron chi connectivity index (χ4n) is 1.81. The first kappa shape index (κ1) is 14.9. The summed E-state index contributed by atoms with van der Waals surface area (Å²) in [7, 11) is 1.28. The van der Waals surface area contributed by atoms with Crippen LogP contribution in [0.15, 0.2) is 30.3 Å². The first-order chi connectivity index (χ1) is 10.0. The summed E-state index contributed by atoms with van der Waals surface area (Å²) in [6.45, 7) is 3.61. The van der Waals surface area contributed by atoms with Gasteiger partial charge >= 0.3 is 5.97 Å². The highest BCUT2D eigenvalue weighted by Crippen LogP contribution is 2.19. The van der Waals surface area contributed by atoms with E-state index in [4.69, 9.17) is 0 Å². The molecule has 1 atom stereocenters. The van der Waals surface area contributed by atoms with Crippen molar-refractivity contribution < 1.29 is 13.9 Å². The highest BCUT2D eigenvalue weighted by Gasteiger charge is 2.11. The summed E-state index contributed by atoms with van der Waals surface area (Å²) in [5.74, 6) is -0.285. The Labute approximate surface area is 122 Å². The fraction of sp³-hybridized carbons (Fsp3) is 0.267. The van der Waals surface area contributed by atoms with Crippen molar-refractivity contribution in [3.8, 4) is 0 Å². The van der Waals surface area contributed by atoms with Crippen LogP contribution in [0.2, 0.25) is 0 Å². The van der Waals surface area contributed by atoms with Crippen molar-refractivity contribution in [2.24, 2.45) is 0 Å². The molecule has 0 amide bonds. The molecule has 0 spiro atoms. The number of nitrogens with one attached hydrogen (secondary N) is 1. The van der Waals surface area contributed by atoms with Crippen molar-refractivity contribution in [3.63, 3.8) is 0 Å². The third-order valence-electron chi connectivity index (χ3n) is 3.12. The second-order valence-corrected chi connectivity index (χ2v) is 4.67. The molecule has 0 aliphatic rings. The molecule has 1 aromatic heterocycles. The molecule has 110 valence electrons. The highest BCUT2D eigenvalue weighted by molar-refractivity contribution is 5.86. The molecule has 0 radical (unpaired) electrons. The molecular weight excluding hydrogens is 273 g/mol. The van der Waals surface area contributed by atoms with E-state index in [9.17, 15) is 9.18 Å². The number of nitrogens with zero attached hydrogens (tertiary/aromatic N) is 2. The summed E-state index contributed by atoms with van der Waals surface area (Å²) < 4.78 is 18.1. The number of carbonyl (C=O) groups is 1. The maximum absolute atomic E-state index is 13.6. The number of rotatable bonds is 4. The van der Waals surface area contributed by atoms with Crippen LogP contribution in [-0.2, 0) is 4.74 Å². The number of aryl methyl sites for hydroxylation is 1. The zero-order chi connectivity index (χ0) is 15.4. The Morgan fingerprint density at radius 2 is 2.05 bits per heavy atom. The normalized spacial score (nSPS) is 11.8. The fourth-order valence-corrected chi connectivity index (χ4v) is 1.81. The molecule has 21 heavy (non-hydrogen) atoms. The summed E-state index contributed by atoms with van der Waals surface area (Å²) in [5.41, 5.74) is 1.54. The van der Waals surface area contributed by atoms with Gasteiger partial charge in [-0.3, -0.25) is 0 Å². The second kappa shape index (κ2) is 6.30. The summed E-state index contributed by atoms with van der Waals surface area (Å²) in [6, 6.07) is 8.08. The van der Waals surface area contributed by atoms with Crippen molar-refractivity contribution in [2.45, 2.75) is 19.9 Å². The van der Waals surface area contributed by atoms with E-state index in [2.05, 4.69) is 20.3 Å². The van der Waals surface area contributed by atoms with Gasteiger partial charge in [0.2, 0.25) is 0 Å². The molecule has 0 aliphatic carbocycles. The lowest BCUT2D eigenvalue weighted by atomic mass is 10.1. The van der Waals surface area contributed by atoms with Crippen molar-refractivity contribution in [3.05, 3.63) is 53.0 Å². The van der Waals surface area contributed by atoms with Crippen LogP contribution in [0.3, 0.4) is 0 Å². The van der Waals surface area contributed by atoms with E-state index in [1.807, 2.05) is 13.0 Å². The zero-order valence-corrected chi connectivity index (χ0v) is 12.1. The summed E-state index contributed by atoms with van der Waals surface area (Å²) in [5, 5.41) is 10.8. The molecule has 1 heterocycles. The topological polar surface area (TPSA) is 64.1 Å². The van der Waals surface area contributed by atoms with Gasteiger partial charge in [0.05, 0.1) is 13.2 Å². The maximum atomic E-state index is 13.6. The number of halogens is 1. The molecule has 2 rings (SSSR count). The quantitative estimate of drug-likeness (QED) is 0.877. The van der Waals surface area contributed by atoms with E-state index < -0.39 is 5.97 Å². The van der Waals surface area contributed by atoms with Gasteiger partial charge in [-0.2, -0.15) is 0 Å². The van der Waals surface area contributed by atoms with E-state index >= 15 is 0 Å². The standard InChI is InChI=1S/C15H16FN3O2/c1-9-4-5-11(8-12(9)16)10(2)17-14-7-6-13(18-19-14)15(20)21-3/h4-8,10H,1-3H3,(H,17,19). The Hall–Kier alpha value is -2.50. The first-order valence-corrected chi connectivity index (χ1v) is 6.46. The number of hydrogen-bond acceptors (Lipinski definition) is 5. The van der Waals surface area contributed by atoms with Crippen molar-refractivity contribution in [1.29, 1.82) is 0 Å². The number of aromatic nitrogens is 2. The van der Waals surface area contributed by atoms with Crippen molar-refractivity contribution in [1.82, 2.24) is 10.2 Å². The van der Waals surface area contributed by atoms with Gasteiger partial charge in [-0.15, -0.1) is 10.2 Å². The third kappa shape index (κ3) is 3.53. The molecule has 0 bridgehead atoms. The molecule has 0 saturated heterocycles. The number of anilines is 1. The minimum absolute atomic E-state index is 0.136. The van der Waals surface area contributed by atoms with Crippen LogP contribution in [-0.4, -0.2) is 23.3 Å². The first-order valence-electron chi connectivity index (χ1n) is 6.46. The minimum atomic E-state index is -0.539. The number of carbonyl (C=O) groups excluding carboxylic acids is 1. The highest BCUT2D eigenvalue weighted by atomic mass is 19.1. The number of esters is 1. The van der Waals surface area contributed by atoms with Gasteiger partial charge in [-0.25, -0.2) is 9.18 Å². The molecular formula is C15H16FN3O2. The maximum Gasteiger partial charge on any atom is 0.358 e. The second-order valence-electron chi connectivity index (χ2n) is 4.67. The molecule has 1 unspecified atom stereocenters. The predicted octanol–water partition coefficient (Wildman–Crippen LogP) is 2.88. The van der Waals surface area contributed by atoms with Crippen LogP contribution < -0.4 is 5.32 Å². The predicted molar refractivity (Wildman–Crippen MR) is 76.5 cm³/mol. The average Bonchev–Trinajstić information content (AvgIpc) is 2.50. The lowest BCUT2D eigenvalue weighted by molar-refractivity contribution is 0.0593. The van der Waals surface area contributed by atoms with Gasteiger partial charge in [0.1, 0.15) is 11.6 Å². The van der Waals surface area contributed by atoms with Crippen LogP contribution in [0, 0.1) is 12.7 Å². The van der Waals surface area contributed by atoms with Crippen LogP contribution in [0.1, 0.15) is 34.6 Å². The van der Waals surface area contributed by atoms with Crippen LogP contribution in [0.25, 0.3) is 0 Å². The van der Waals surface area contributed by atoms with E-state index in [0.29, 0.717) is 11.4 Å². The number of benzene rings is 1. The lowest BCUT2D eigenvalue weighted by Gasteiger charge is -2.15. The number of hydrogen-bond donors (Lipinski definition) is 1. The molecule has 1 N–H and O–H groups in total. The minimum Gasteiger partial charge on any atom is -0.464 e. The van der Waals surface area contributed by atoms with Crippen molar-refractivity contribution >= 4 is 11.8 Å². The van der Waals surface area contributed by atoms with Gasteiger partial charge < -0.3 is 10.1 Å². The lowest BCUT2D eigenvalue weighted by Crippen LogP contribution is -2.11. The molecule has 5 nitrogen and oxygen atoms in total. The van der Waals surface area contributed by atoms with Crippen molar-refractivity contribution in [2.75, 3.05) is 12.4 Å². The largest absolute Gasteiger partial charge is 0.464 e. The molecule has 0 fully saturated rings. The Morgan fingerprint density at radius 3 is 2.62 bits per heavy atom. The zero-order valence-electron chi connectivity index (χ0n) is 12.1. The number of methoxy groups -OCH3 is 1. The Kier molecular flexibility index (Phi) is 4.47. The van der Waals surface area contributed by atoms with Gasteiger partial charge in [0.25, 0.3) is 0 Å². The third-order valence-corrected chi connectivity index (χ3v) is 3.12. The molecule has 0 saturated carbocycles. The van der Waals surface area contributed by atoms with Gasteiger partial charge in [-0.1, -0.05) is 12.1 Å². The van der Waals surface area contributed by atoms with Crippen LogP contribution >= 0.6 is 0 Å². The van der Waals surface area contributed by atoms with Crippen LogP contribution in [0.5, 0.6) is 0 Å². The Morgan fingerprint density at radius 1 is 1.29 bits per heavy atom. The van der Waals surface area contributed by atoms with Crippen LogP contribution in [0.4, 0.5) is 10.2 Å². The smallest absolute Gasteiger partial charge is 0.358 e. The molecule has 1 aromatic carbocycles. The SMILES string of the molecule is COC(=O)c1ccc(NC(C)c2ccc(C)c(F)c2)nn1. The molecule has 6 heteroatoms. The van der Waals surface area contributed by atoms with Gasteiger partial charge in [0, 0.05) is 0 Å². The monoisotopic (exact) mass is 289 g/mol. The van der Waals surface area contributed by atoms with E-state index in [0.717, 1.165) is 5.56 Å². The summed E-state index contributed by atoms with van der Waals surface area (Å²) in [4.78, 5) is 11.3. The Bertz CT molecular complexity index is 644. The Balaban J connectivity index is 2.10. The van der Waals surface area contributed by atoms with E-state index in [-0.39, 0.29) is 17.6 Å². The average molecular weight is 289 g/mol. The molecule has 0 aliphatic heterocycles. The van der Waals surface area contributed by atoms with Gasteiger partial charge in [-0.05, 0) is 43.2 Å². The summed E-state index contributed by atoms with van der Waals surface area (Å²) in [6.07, 6.45) is 0. The van der Waals surface area contributed by atoms with Gasteiger partial charge in [0.15, 0.2) is 5.69 Å².